The van der Waals surface area contributed by atoms with Gasteiger partial charge in [0.25, 0.3) is 0 Å². The summed E-state index contributed by atoms with van der Waals surface area (Å²) in [4.78, 5) is 13.4. The topological polar surface area (TPSA) is 82.0 Å². The van der Waals surface area contributed by atoms with Gasteiger partial charge in [-0.2, -0.15) is 0 Å². The molecule has 2 aromatic rings. The number of aliphatic hydroxyl groups excluding tert-OH is 1. The fourth-order valence-corrected chi connectivity index (χ4v) is 3.94. The zero-order valence-corrected chi connectivity index (χ0v) is 18.9. The molecule has 30 heavy (non-hydrogen) atoms. The number of aliphatic hydroxyl groups is 1. The highest BCUT2D eigenvalue weighted by molar-refractivity contribution is 6.39. The van der Waals surface area contributed by atoms with Crippen molar-refractivity contribution >= 4 is 34.9 Å². The number of likely N-dealkylation sites (N-methyl/N-ethyl adjacent to an activating group) is 1. The zero-order chi connectivity index (χ0) is 22.3. The van der Waals surface area contributed by atoms with Crippen molar-refractivity contribution in [2.45, 2.75) is 32.4 Å². The lowest BCUT2D eigenvalue weighted by Gasteiger charge is -2.22. The van der Waals surface area contributed by atoms with Crippen LogP contribution in [-0.2, 0) is 16.0 Å². The van der Waals surface area contributed by atoms with Gasteiger partial charge >= 0.3 is 5.97 Å². The highest BCUT2D eigenvalue weighted by Gasteiger charge is 2.18. The number of phenolic OH excluding ortho intramolecular Hbond substituents is 1. The predicted octanol–water partition coefficient (Wildman–Crippen LogP) is 3.95. The molecule has 3 N–H and O–H groups in total. The van der Waals surface area contributed by atoms with Crippen molar-refractivity contribution in [2.24, 2.45) is 0 Å². The number of ether oxygens (including phenoxy) is 1. The van der Waals surface area contributed by atoms with Gasteiger partial charge in [0.05, 0.1) is 28.4 Å². The molecule has 0 heterocycles. The molecule has 6 nitrogen and oxygen atoms in total. The van der Waals surface area contributed by atoms with E-state index in [0.29, 0.717) is 35.3 Å². The first-order chi connectivity index (χ1) is 14.2. The molecular weight excluding hydrogens is 427 g/mol. The van der Waals surface area contributed by atoms with Crippen LogP contribution in [0.3, 0.4) is 0 Å². The van der Waals surface area contributed by atoms with Crippen molar-refractivity contribution in [3.63, 3.8) is 0 Å². The Balaban J connectivity index is 1.94. The number of benzene rings is 2. The van der Waals surface area contributed by atoms with Crippen molar-refractivity contribution in [1.82, 2.24) is 5.32 Å². The van der Waals surface area contributed by atoms with Crippen molar-refractivity contribution in [2.75, 3.05) is 31.6 Å². The van der Waals surface area contributed by atoms with Crippen LogP contribution >= 0.6 is 23.2 Å². The molecule has 0 amide bonds. The monoisotopic (exact) mass is 454 g/mol. The third-order valence-corrected chi connectivity index (χ3v) is 5.29. The molecule has 2 aromatic carbocycles. The molecule has 0 spiro atoms. The van der Waals surface area contributed by atoms with Gasteiger partial charge in [-0.05, 0) is 62.2 Å². The zero-order valence-electron chi connectivity index (χ0n) is 17.4. The molecule has 0 fully saturated rings. The average molecular weight is 455 g/mol. The predicted molar refractivity (Wildman–Crippen MR) is 121 cm³/mol. The molecule has 2 atom stereocenters. The summed E-state index contributed by atoms with van der Waals surface area (Å²) in [6, 6.07) is 9.97. The number of rotatable bonds is 10. The van der Waals surface area contributed by atoms with E-state index in [-0.39, 0.29) is 24.3 Å². The molecule has 0 bridgehead atoms. The maximum absolute atomic E-state index is 11.7. The Morgan fingerprint density at radius 1 is 1.20 bits per heavy atom. The Morgan fingerprint density at radius 3 is 2.37 bits per heavy atom. The Hall–Kier alpha value is -1.99. The van der Waals surface area contributed by atoms with E-state index < -0.39 is 6.10 Å². The molecule has 0 saturated heterocycles. The minimum absolute atomic E-state index is 0.0564. The van der Waals surface area contributed by atoms with Gasteiger partial charge in [-0.1, -0.05) is 35.3 Å². The molecule has 0 aliphatic rings. The summed E-state index contributed by atoms with van der Waals surface area (Å²) in [6.45, 7) is 4.64. The van der Waals surface area contributed by atoms with Crippen LogP contribution in [0.5, 0.6) is 5.75 Å². The number of hydrogen-bond donors (Lipinski definition) is 3. The summed E-state index contributed by atoms with van der Waals surface area (Å²) >= 11 is 12.8. The summed E-state index contributed by atoms with van der Waals surface area (Å²) in [7, 11) is 1.73. The Bertz CT molecular complexity index is 823. The third-order valence-electron chi connectivity index (χ3n) is 4.72. The first kappa shape index (κ1) is 24.3. The van der Waals surface area contributed by atoms with E-state index in [1.807, 2.05) is 19.1 Å². The van der Waals surface area contributed by atoms with E-state index in [0.717, 1.165) is 11.1 Å². The van der Waals surface area contributed by atoms with Gasteiger partial charge in [-0.3, -0.25) is 4.79 Å². The van der Waals surface area contributed by atoms with Gasteiger partial charge in [0.15, 0.2) is 0 Å². The molecule has 164 valence electrons. The van der Waals surface area contributed by atoms with Crippen LogP contribution in [0, 0.1) is 0 Å². The number of hydrogen-bond acceptors (Lipinski definition) is 6. The van der Waals surface area contributed by atoms with Gasteiger partial charge in [0.1, 0.15) is 12.3 Å². The summed E-state index contributed by atoms with van der Waals surface area (Å²) in [6.07, 6.45) is -0.0369. The van der Waals surface area contributed by atoms with Crippen LogP contribution in [0.4, 0.5) is 5.69 Å². The second kappa shape index (κ2) is 11.4. The molecular formula is C22H28Cl2N2O4. The molecule has 0 saturated carbocycles. The lowest BCUT2D eigenvalue weighted by molar-refractivity contribution is -0.141. The maximum Gasteiger partial charge on any atom is 0.325 e. The van der Waals surface area contributed by atoms with Crippen LogP contribution in [0.1, 0.15) is 31.1 Å². The van der Waals surface area contributed by atoms with Crippen molar-refractivity contribution < 1.29 is 19.7 Å². The van der Waals surface area contributed by atoms with Crippen LogP contribution in [-0.4, -0.2) is 49.0 Å². The van der Waals surface area contributed by atoms with E-state index in [1.54, 1.807) is 43.1 Å². The number of aromatic hydroxyl groups is 1. The van der Waals surface area contributed by atoms with Crippen molar-refractivity contribution in [1.29, 1.82) is 0 Å². The summed E-state index contributed by atoms with van der Waals surface area (Å²) in [5, 5.41) is 24.0. The van der Waals surface area contributed by atoms with Gasteiger partial charge < -0.3 is 25.2 Å². The van der Waals surface area contributed by atoms with Crippen LogP contribution in [0.25, 0.3) is 0 Å². The standard InChI is InChI=1S/C22H28Cl2N2O4/c1-4-30-20(28)13-26(3)21-18(23)11-15(12-19(21)24)9-10-25-14(2)22(29)16-5-7-17(27)8-6-16/h5-8,11-12,14,22,25,27,29H,4,9-10,13H2,1-3H3/t14-,22+/m0/s1. The van der Waals surface area contributed by atoms with E-state index in [2.05, 4.69) is 5.32 Å². The molecule has 8 heteroatoms. The number of esters is 1. The minimum atomic E-state index is -0.698. The molecule has 0 aliphatic heterocycles. The normalized spacial score (nSPS) is 13.0. The minimum Gasteiger partial charge on any atom is -0.508 e. The number of carbonyl (C=O) groups is 1. The average Bonchev–Trinajstić information content (AvgIpc) is 2.67. The lowest BCUT2D eigenvalue weighted by atomic mass is 10.0. The van der Waals surface area contributed by atoms with Crippen molar-refractivity contribution in [3.8, 4) is 5.75 Å². The highest BCUT2D eigenvalue weighted by Crippen LogP contribution is 2.34. The Morgan fingerprint density at radius 2 is 1.80 bits per heavy atom. The second-order valence-electron chi connectivity index (χ2n) is 7.10. The lowest BCUT2D eigenvalue weighted by Crippen LogP contribution is -2.33. The van der Waals surface area contributed by atoms with Gasteiger partial charge in [-0.15, -0.1) is 0 Å². The number of carbonyl (C=O) groups excluding carboxylic acids is 1. The van der Waals surface area contributed by atoms with Gasteiger partial charge in [0.2, 0.25) is 0 Å². The molecule has 2 rings (SSSR count). The number of halogens is 2. The molecule has 0 aromatic heterocycles. The maximum atomic E-state index is 11.7. The van der Waals surface area contributed by atoms with E-state index in [9.17, 15) is 15.0 Å². The highest BCUT2D eigenvalue weighted by atomic mass is 35.5. The van der Waals surface area contributed by atoms with Crippen LogP contribution in [0.2, 0.25) is 10.0 Å². The largest absolute Gasteiger partial charge is 0.508 e. The van der Waals surface area contributed by atoms with Crippen LogP contribution < -0.4 is 10.2 Å². The number of nitrogens with zero attached hydrogens (tertiary/aromatic N) is 1. The summed E-state index contributed by atoms with van der Waals surface area (Å²) in [5.74, 6) is -0.182. The fraction of sp³-hybridized carbons (Fsp3) is 0.409. The summed E-state index contributed by atoms with van der Waals surface area (Å²) < 4.78 is 4.96. The molecule has 0 aliphatic carbocycles. The number of nitrogens with one attached hydrogen (secondary N) is 1. The number of anilines is 1. The van der Waals surface area contributed by atoms with E-state index in [1.165, 1.54) is 0 Å². The first-order valence-corrected chi connectivity index (χ1v) is 10.5. The number of phenols is 1. The second-order valence-corrected chi connectivity index (χ2v) is 7.91. The fourth-order valence-electron chi connectivity index (χ4n) is 3.12. The third kappa shape index (κ3) is 6.77. The van der Waals surface area contributed by atoms with Crippen molar-refractivity contribution in [3.05, 3.63) is 57.6 Å². The SMILES string of the molecule is CCOC(=O)CN(C)c1c(Cl)cc(CCN[C@@H](C)[C@@H](O)c2ccc(O)cc2)cc1Cl. The van der Waals surface area contributed by atoms with E-state index >= 15 is 0 Å². The Labute approximate surface area is 187 Å². The van der Waals surface area contributed by atoms with Gasteiger partial charge in [-0.25, -0.2) is 0 Å². The smallest absolute Gasteiger partial charge is 0.325 e. The van der Waals surface area contributed by atoms with E-state index in [4.69, 9.17) is 27.9 Å². The van der Waals surface area contributed by atoms with Gasteiger partial charge in [0, 0.05) is 13.1 Å². The first-order valence-electron chi connectivity index (χ1n) is 9.78. The summed E-state index contributed by atoms with van der Waals surface area (Å²) in [5.41, 5.74) is 2.25. The quantitative estimate of drug-likeness (QED) is 0.471. The molecule has 0 unspecified atom stereocenters. The Kier molecular flexibility index (Phi) is 9.24. The van der Waals surface area contributed by atoms with Crippen LogP contribution in [0.15, 0.2) is 36.4 Å². The molecule has 0 radical (unpaired) electrons.